The minimum atomic E-state index is -0.122. The van der Waals surface area contributed by atoms with Crippen molar-refractivity contribution in [1.82, 2.24) is 10.2 Å². The van der Waals surface area contributed by atoms with E-state index in [9.17, 15) is 9.59 Å². The fourth-order valence-corrected chi connectivity index (χ4v) is 1.95. The average molecular weight is 312 g/mol. The Labute approximate surface area is 130 Å². The van der Waals surface area contributed by atoms with Crippen LogP contribution in [-0.2, 0) is 9.59 Å². The topological polar surface area (TPSA) is 61.4 Å². The summed E-state index contributed by atoms with van der Waals surface area (Å²) in [5.41, 5.74) is 1.63. The third-order valence-corrected chi connectivity index (χ3v) is 3.77. The SMILES string of the molecule is CNC(=O)C[C@@H](C)N(C)CC(=O)Nc1ccc(Cl)c(C)c1. The summed E-state index contributed by atoms with van der Waals surface area (Å²) in [4.78, 5) is 25.2. The van der Waals surface area contributed by atoms with E-state index in [-0.39, 0.29) is 24.4 Å². The third-order valence-electron chi connectivity index (χ3n) is 3.35. The lowest BCUT2D eigenvalue weighted by atomic mass is 10.2. The Morgan fingerprint density at radius 2 is 2.00 bits per heavy atom. The molecule has 1 atom stereocenters. The molecule has 0 aliphatic rings. The molecule has 0 unspecified atom stereocenters. The van der Waals surface area contributed by atoms with E-state index >= 15 is 0 Å². The van der Waals surface area contributed by atoms with Crippen LogP contribution in [0.4, 0.5) is 5.69 Å². The predicted octanol–water partition coefficient (Wildman–Crippen LogP) is 2.04. The van der Waals surface area contributed by atoms with E-state index in [1.165, 1.54) is 0 Å². The summed E-state index contributed by atoms with van der Waals surface area (Å²) < 4.78 is 0. The van der Waals surface area contributed by atoms with Gasteiger partial charge < -0.3 is 10.6 Å². The molecule has 116 valence electrons. The third kappa shape index (κ3) is 5.73. The van der Waals surface area contributed by atoms with Gasteiger partial charge in [0.25, 0.3) is 0 Å². The lowest BCUT2D eigenvalue weighted by Gasteiger charge is -2.23. The molecule has 6 heteroatoms. The van der Waals surface area contributed by atoms with Crippen LogP contribution in [0.15, 0.2) is 18.2 Å². The van der Waals surface area contributed by atoms with Crippen LogP contribution in [-0.4, -0.2) is 43.4 Å². The molecule has 1 aromatic rings. The average Bonchev–Trinajstić information content (AvgIpc) is 2.42. The number of likely N-dealkylation sites (N-methyl/N-ethyl adjacent to an activating group) is 1. The molecular weight excluding hydrogens is 290 g/mol. The Balaban J connectivity index is 2.52. The zero-order chi connectivity index (χ0) is 16.0. The number of aryl methyl sites for hydroxylation is 1. The van der Waals surface area contributed by atoms with E-state index in [1.54, 1.807) is 19.2 Å². The van der Waals surface area contributed by atoms with Crippen LogP contribution in [0.2, 0.25) is 5.02 Å². The monoisotopic (exact) mass is 311 g/mol. The van der Waals surface area contributed by atoms with Crippen molar-refractivity contribution in [3.05, 3.63) is 28.8 Å². The lowest BCUT2D eigenvalue weighted by Crippen LogP contribution is -2.39. The summed E-state index contributed by atoms with van der Waals surface area (Å²) in [6, 6.07) is 5.34. The van der Waals surface area contributed by atoms with Gasteiger partial charge in [-0.1, -0.05) is 11.6 Å². The zero-order valence-corrected chi connectivity index (χ0v) is 13.6. The normalized spacial score (nSPS) is 12.1. The molecule has 5 nitrogen and oxygen atoms in total. The van der Waals surface area contributed by atoms with Crippen LogP contribution in [0.25, 0.3) is 0 Å². The number of nitrogens with one attached hydrogen (secondary N) is 2. The number of hydrogen-bond donors (Lipinski definition) is 2. The Kier molecular flexibility index (Phi) is 6.65. The number of nitrogens with zero attached hydrogens (tertiary/aromatic N) is 1. The number of rotatable bonds is 6. The summed E-state index contributed by atoms with van der Waals surface area (Å²) in [7, 11) is 3.42. The number of benzene rings is 1. The minimum absolute atomic E-state index is 0.0114. The van der Waals surface area contributed by atoms with Crippen LogP contribution in [0.5, 0.6) is 0 Å². The molecule has 1 rings (SSSR count). The van der Waals surface area contributed by atoms with E-state index in [4.69, 9.17) is 11.6 Å². The highest BCUT2D eigenvalue weighted by atomic mass is 35.5. The van der Waals surface area contributed by atoms with E-state index in [1.807, 2.05) is 31.9 Å². The maximum absolute atomic E-state index is 12.0. The van der Waals surface area contributed by atoms with E-state index in [2.05, 4.69) is 10.6 Å². The Morgan fingerprint density at radius 3 is 2.57 bits per heavy atom. The second-order valence-electron chi connectivity index (χ2n) is 5.15. The van der Waals surface area contributed by atoms with Crippen LogP contribution >= 0.6 is 11.6 Å². The van der Waals surface area contributed by atoms with Gasteiger partial charge in [0.15, 0.2) is 0 Å². The highest BCUT2D eigenvalue weighted by Crippen LogP contribution is 2.19. The first-order valence-corrected chi connectivity index (χ1v) is 7.18. The molecule has 0 aliphatic heterocycles. The van der Waals surface area contributed by atoms with Crippen molar-refractivity contribution in [2.24, 2.45) is 0 Å². The molecule has 0 heterocycles. The predicted molar refractivity (Wildman–Crippen MR) is 85.6 cm³/mol. The highest BCUT2D eigenvalue weighted by molar-refractivity contribution is 6.31. The quantitative estimate of drug-likeness (QED) is 0.845. The number of anilines is 1. The number of hydrogen-bond acceptors (Lipinski definition) is 3. The molecule has 0 radical (unpaired) electrons. The van der Waals surface area contributed by atoms with Gasteiger partial charge in [-0.2, -0.15) is 0 Å². The van der Waals surface area contributed by atoms with Gasteiger partial charge >= 0.3 is 0 Å². The van der Waals surface area contributed by atoms with Gasteiger partial charge in [0.1, 0.15) is 0 Å². The fraction of sp³-hybridized carbons (Fsp3) is 0.467. The highest BCUT2D eigenvalue weighted by Gasteiger charge is 2.16. The Bertz CT molecular complexity index is 520. The smallest absolute Gasteiger partial charge is 0.238 e. The van der Waals surface area contributed by atoms with E-state index < -0.39 is 0 Å². The van der Waals surface area contributed by atoms with Crippen LogP contribution in [0.1, 0.15) is 18.9 Å². The van der Waals surface area contributed by atoms with Gasteiger partial charge in [0.05, 0.1) is 6.54 Å². The summed E-state index contributed by atoms with van der Waals surface area (Å²) in [5, 5.41) is 6.07. The first-order valence-electron chi connectivity index (χ1n) is 6.80. The maximum Gasteiger partial charge on any atom is 0.238 e. The molecule has 0 saturated heterocycles. The molecule has 0 aromatic heterocycles. The van der Waals surface area contributed by atoms with Crippen LogP contribution < -0.4 is 10.6 Å². The van der Waals surface area contributed by atoms with Crippen molar-refractivity contribution in [2.45, 2.75) is 26.3 Å². The van der Waals surface area contributed by atoms with Crippen molar-refractivity contribution < 1.29 is 9.59 Å². The molecular formula is C15H22ClN3O2. The standard InChI is InChI=1S/C15H22ClN3O2/c1-10-7-12(5-6-13(10)16)18-15(21)9-19(4)11(2)8-14(20)17-3/h5-7,11H,8-9H2,1-4H3,(H,17,20)(H,18,21)/t11-/m1/s1. The molecule has 0 bridgehead atoms. The molecule has 0 saturated carbocycles. The second-order valence-corrected chi connectivity index (χ2v) is 5.56. The molecule has 0 fully saturated rings. The summed E-state index contributed by atoms with van der Waals surface area (Å²) in [5.74, 6) is -0.161. The van der Waals surface area contributed by atoms with Crippen LogP contribution in [0, 0.1) is 6.92 Å². The van der Waals surface area contributed by atoms with E-state index in [0.29, 0.717) is 17.1 Å². The van der Waals surface area contributed by atoms with Gasteiger partial charge in [-0.15, -0.1) is 0 Å². The number of amides is 2. The zero-order valence-electron chi connectivity index (χ0n) is 12.9. The fourth-order valence-electron chi connectivity index (χ4n) is 1.83. The number of halogens is 1. The summed E-state index contributed by atoms with van der Waals surface area (Å²) in [6.45, 7) is 4.02. The van der Waals surface area contributed by atoms with Crippen LogP contribution in [0.3, 0.4) is 0 Å². The molecule has 2 N–H and O–H groups in total. The molecule has 1 aromatic carbocycles. The minimum Gasteiger partial charge on any atom is -0.359 e. The van der Waals surface area contributed by atoms with Gasteiger partial charge in [-0.05, 0) is 44.7 Å². The van der Waals surface area contributed by atoms with Gasteiger partial charge in [0, 0.05) is 30.2 Å². The molecule has 2 amide bonds. The molecule has 0 aliphatic carbocycles. The van der Waals surface area contributed by atoms with Crippen molar-refractivity contribution in [2.75, 3.05) is 26.0 Å². The molecule has 21 heavy (non-hydrogen) atoms. The number of carbonyl (C=O) groups excluding carboxylic acids is 2. The summed E-state index contributed by atoms with van der Waals surface area (Å²) in [6.07, 6.45) is 0.361. The largest absolute Gasteiger partial charge is 0.359 e. The Morgan fingerprint density at radius 1 is 1.33 bits per heavy atom. The van der Waals surface area contributed by atoms with Crippen molar-refractivity contribution in [3.63, 3.8) is 0 Å². The van der Waals surface area contributed by atoms with E-state index in [0.717, 1.165) is 5.56 Å². The second kappa shape index (κ2) is 8.00. The van der Waals surface area contributed by atoms with Gasteiger partial charge in [0.2, 0.25) is 11.8 Å². The first kappa shape index (κ1) is 17.5. The van der Waals surface area contributed by atoms with Crippen molar-refractivity contribution in [1.29, 1.82) is 0 Å². The molecule has 0 spiro atoms. The van der Waals surface area contributed by atoms with Gasteiger partial charge in [-0.25, -0.2) is 0 Å². The van der Waals surface area contributed by atoms with Gasteiger partial charge in [-0.3, -0.25) is 14.5 Å². The van der Waals surface area contributed by atoms with Crippen molar-refractivity contribution in [3.8, 4) is 0 Å². The maximum atomic E-state index is 12.0. The van der Waals surface area contributed by atoms with Crippen molar-refractivity contribution >= 4 is 29.1 Å². The lowest BCUT2D eigenvalue weighted by molar-refractivity contribution is -0.123. The number of carbonyl (C=O) groups is 2. The first-order chi connectivity index (χ1) is 9.83. The Hall–Kier alpha value is -1.59. The summed E-state index contributed by atoms with van der Waals surface area (Å²) >= 11 is 5.95.